The summed E-state index contributed by atoms with van der Waals surface area (Å²) in [7, 11) is 0. The van der Waals surface area contributed by atoms with Crippen molar-refractivity contribution in [1.29, 1.82) is 0 Å². The third-order valence-electron chi connectivity index (χ3n) is 3.97. The first-order valence-electron chi connectivity index (χ1n) is 8.24. The van der Waals surface area contributed by atoms with Gasteiger partial charge in [0.25, 0.3) is 5.22 Å². The predicted molar refractivity (Wildman–Crippen MR) is 97.1 cm³/mol. The number of anilines is 1. The summed E-state index contributed by atoms with van der Waals surface area (Å²) in [4.78, 5) is 12.1. The molecule has 1 aliphatic heterocycles. The van der Waals surface area contributed by atoms with E-state index in [2.05, 4.69) is 25.7 Å². The molecule has 1 N–H and O–H groups in total. The standard InChI is InChI=1S/C16H13N5O4S2/c22-12(17-15-20-19-14(27-15)8-1-2-8)6-26-16-21-18-13(25-16)9-3-4-10-11(5-9)24-7-23-10/h3-5,8H,1-2,6-7H2,(H,17,20,22). The second-order valence-corrected chi connectivity index (χ2v) is 7.93. The fraction of sp³-hybridized carbons (Fsp3) is 0.312. The number of fused-ring (bicyclic) bond motifs is 1. The summed E-state index contributed by atoms with van der Waals surface area (Å²) in [6.07, 6.45) is 2.31. The van der Waals surface area contributed by atoms with Gasteiger partial charge in [-0.3, -0.25) is 10.1 Å². The largest absolute Gasteiger partial charge is 0.454 e. The molecule has 3 aromatic rings. The van der Waals surface area contributed by atoms with Crippen molar-refractivity contribution in [3.63, 3.8) is 0 Å². The number of hydrogen-bond donors (Lipinski definition) is 1. The van der Waals surface area contributed by atoms with Gasteiger partial charge in [-0.2, -0.15) is 0 Å². The molecule has 11 heteroatoms. The number of carbonyl (C=O) groups is 1. The van der Waals surface area contributed by atoms with Crippen molar-refractivity contribution in [2.45, 2.75) is 24.0 Å². The highest BCUT2D eigenvalue weighted by molar-refractivity contribution is 7.99. The molecule has 9 nitrogen and oxygen atoms in total. The van der Waals surface area contributed by atoms with Crippen LogP contribution in [0.4, 0.5) is 5.13 Å². The highest BCUT2D eigenvalue weighted by atomic mass is 32.2. The lowest BCUT2D eigenvalue weighted by atomic mass is 10.2. The van der Waals surface area contributed by atoms with Gasteiger partial charge in [0.15, 0.2) is 11.5 Å². The van der Waals surface area contributed by atoms with Crippen LogP contribution >= 0.6 is 23.1 Å². The Balaban J connectivity index is 1.18. The molecule has 2 aliphatic rings. The van der Waals surface area contributed by atoms with Gasteiger partial charge in [-0.15, -0.1) is 20.4 Å². The fourth-order valence-electron chi connectivity index (χ4n) is 2.48. The second kappa shape index (κ2) is 6.82. The molecular formula is C16H13N5O4S2. The van der Waals surface area contributed by atoms with E-state index in [0.29, 0.717) is 33.7 Å². The minimum absolute atomic E-state index is 0.140. The molecule has 0 unspecified atom stereocenters. The van der Waals surface area contributed by atoms with Crippen LogP contribution in [-0.2, 0) is 4.79 Å². The van der Waals surface area contributed by atoms with Crippen molar-refractivity contribution in [3.05, 3.63) is 23.2 Å². The minimum Gasteiger partial charge on any atom is -0.454 e. The van der Waals surface area contributed by atoms with Crippen LogP contribution in [0.3, 0.4) is 0 Å². The number of nitrogens with one attached hydrogen (secondary N) is 1. The van der Waals surface area contributed by atoms with Crippen molar-refractivity contribution < 1.29 is 18.7 Å². The van der Waals surface area contributed by atoms with Crippen LogP contribution in [0.25, 0.3) is 11.5 Å². The van der Waals surface area contributed by atoms with E-state index in [9.17, 15) is 4.79 Å². The van der Waals surface area contributed by atoms with Gasteiger partial charge in [0, 0.05) is 11.5 Å². The monoisotopic (exact) mass is 403 g/mol. The Morgan fingerprint density at radius 1 is 1.19 bits per heavy atom. The van der Waals surface area contributed by atoms with Crippen molar-refractivity contribution in [3.8, 4) is 23.0 Å². The molecule has 27 heavy (non-hydrogen) atoms. The average molecular weight is 403 g/mol. The topological polar surface area (TPSA) is 112 Å². The smallest absolute Gasteiger partial charge is 0.277 e. The Morgan fingerprint density at radius 2 is 2.07 bits per heavy atom. The third-order valence-corrected chi connectivity index (χ3v) is 5.79. The van der Waals surface area contributed by atoms with Crippen molar-refractivity contribution >= 4 is 34.1 Å². The minimum atomic E-state index is -0.193. The summed E-state index contributed by atoms with van der Waals surface area (Å²) < 4.78 is 16.2. The number of hydrogen-bond acceptors (Lipinski definition) is 10. The molecule has 0 spiro atoms. The second-order valence-electron chi connectivity index (χ2n) is 6.00. The van der Waals surface area contributed by atoms with Crippen LogP contribution in [0.15, 0.2) is 27.8 Å². The van der Waals surface area contributed by atoms with Gasteiger partial charge in [-0.05, 0) is 31.0 Å². The first-order valence-corrected chi connectivity index (χ1v) is 10.0. The quantitative estimate of drug-likeness (QED) is 0.621. The van der Waals surface area contributed by atoms with Gasteiger partial charge in [-0.25, -0.2) is 0 Å². The van der Waals surface area contributed by atoms with Crippen LogP contribution in [0, 0.1) is 0 Å². The molecule has 138 valence electrons. The highest BCUT2D eigenvalue weighted by Gasteiger charge is 2.27. The van der Waals surface area contributed by atoms with E-state index in [1.54, 1.807) is 12.1 Å². The molecule has 0 bridgehead atoms. The SMILES string of the molecule is O=C(CSc1nnc(-c2ccc3c(c2)OCO3)o1)Nc1nnc(C2CC2)s1. The Labute approximate surface area is 161 Å². The Bertz CT molecular complexity index is 1000. The highest BCUT2D eigenvalue weighted by Crippen LogP contribution is 2.42. The summed E-state index contributed by atoms with van der Waals surface area (Å²) in [6, 6.07) is 5.39. The van der Waals surface area contributed by atoms with Crippen LogP contribution in [0.5, 0.6) is 11.5 Å². The van der Waals surface area contributed by atoms with Gasteiger partial charge in [-0.1, -0.05) is 23.1 Å². The van der Waals surface area contributed by atoms with Crippen molar-refractivity contribution in [2.75, 3.05) is 17.9 Å². The number of aromatic nitrogens is 4. The fourth-order valence-corrected chi connectivity index (χ4v) is 3.97. The van der Waals surface area contributed by atoms with E-state index in [1.807, 2.05) is 6.07 Å². The van der Waals surface area contributed by atoms with Crippen LogP contribution in [0.1, 0.15) is 23.8 Å². The van der Waals surface area contributed by atoms with Gasteiger partial charge >= 0.3 is 0 Å². The molecule has 2 aromatic heterocycles. The molecule has 0 atom stereocenters. The summed E-state index contributed by atoms with van der Waals surface area (Å²) in [5, 5.41) is 20.7. The van der Waals surface area contributed by atoms with Crippen LogP contribution < -0.4 is 14.8 Å². The lowest BCUT2D eigenvalue weighted by Crippen LogP contribution is -2.13. The van der Waals surface area contributed by atoms with Crippen LogP contribution in [0.2, 0.25) is 0 Å². The van der Waals surface area contributed by atoms with E-state index < -0.39 is 0 Å². The number of rotatable bonds is 6. The number of thioether (sulfide) groups is 1. The summed E-state index contributed by atoms with van der Waals surface area (Å²) in [6.45, 7) is 0.204. The first-order chi connectivity index (χ1) is 13.2. The maximum absolute atomic E-state index is 12.1. The number of ether oxygens (including phenoxy) is 2. The Hall–Kier alpha value is -2.66. The van der Waals surface area contributed by atoms with Crippen molar-refractivity contribution in [1.82, 2.24) is 20.4 Å². The maximum Gasteiger partial charge on any atom is 0.277 e. The first kappa shape index (κ1) is 16.5. The summed E-state index contributed by atoms with van der Waals surface area (Å²) in [5.41, 5.74) is 0.726. The van der Waals surface area contributed by atoms with Gasteiger partial charge in [0.05, 0.1) is 5.75 Å². The average Bonchev–Trinajstić information content (AvgIpc) is 3.09. The van der Waals surface area contributed by atoms with E-state index >= 15 is 0 Å². The normalized spacial score (nSPS) is 15.1. The molecule has 1 amide bonds. The molecule has 1 fully saturated rings. The zero-order chi connectivity index (χ0) is 18.2. The third kappa shape index (κ3) is 3.60. The van der Waals surface area contributed by atoms with Gasteiger partial charge < -0.3 is 13.9 Å². The number of benzene rings is 1. The summed E-state index contributed by atoms with van der Waals surface area (Å²) >= 11 is 2.59. The van der Waals surface area contributed by atoms with Crippen molar-refractivity contribution in [2.24, 2.45) is 0 Å². The zero-order valence-corrected chi connectivity index (χ0v) is 15.5. The lowest BCUT2D eigenvalue weighted by Gasteiger charge is -1.99. The number of carbonyl (C=O) groups excluding carboxylic acids is 1. The predicted octanol–water partition coefficient (Wildman–Crippen LogP) is 2.93. The molecule has 0 radical (unpaired) electrons. The molecule has 0 saturated heterocycles. The number of amides is 1. The van der Waals surface area contributed by atoms with E-state index in [-0.39, 0.29) is 18.5 Å². The zero-order valence-electron chi connectivity index (χ0n) is 13.9. The van der Waals surface area contributed by atoms with Crippen LogP contribution in [-0.4, -0.2) is 38.8 Å². The Kier molecular flexibility index (Phi) is 4.17. The Morgan fingerprint density at radius 3 is 2.96 bits per heavy atom. The van der Waals surface area contributed by atoms with E-state index in [1.165, 1.54) is 11.3 Å². The van der Waals surface area contributed by atoms with E-state index in [4.69, 9.17) is 13.9 Å². The van der Waals surface area contributed by atoms with Gasteiger partial charge in [0.2, 0.25) is 23.7 Å². The number of nitrogens with zero attached hydrogens (tertiary/aromatic N) is 4. The van der Waals surface area contributed by atoms with E-state index in [0.717, 1.165) is 35.2 Å². The summed E-state index contributed by atoms with van der Waals surface area (Å²) in [5.74, 6) is 2.15. The molecule has 1 aliphatic carbocycles. The molecule has 5 rings (SSSR count). The lowest BCUT2D eigenvalue weighted by molar-refractivity contribution is -0.113. The maximum atomic E-state index is 12.1. The molecular weight excluding hydrogens is 390 g/mol. The molecule has 1 saturated carbocycles. The van der Waals surface area contributed by atoms with Gasteiger partial charge in [0.1, 0.15) is 5.01 Å². The molecule has 3 heterocycles. The molecule has 1 aromatic carbocycles.